The predicted octanol–water partition coefficient (Wildman–Crippen LogP) is 7.02. The number of aromatic nitrogens is 2. The first kappa shape index (κ1) is 25.1. The van der Waals surface area contributed by atoms with E-state index < -0.39 is 0 Å². The van der Waals surface area contributed by atoms with E-state index in [1.165, 1.54) is 5.56 Å². The Bertz CT molecular complexity index is 1380. The monoisotopic (exact) mass is 495 g/mol. The molecule has 1 aromatic heterocycles. The van der Waals surface area contributed by atoms with Gasteiger partial charge in [-0.3, -0.25) is 4.79 Å². The molecule has 0 aliphatic carbocycles. The van der Waals surface area contributed by atoms with E-state index in [9.17, 15) is 4.79 Å². The highest BCUT2D eigenvalue weighted by atomic mass is 16.5. The second kappa shape index (κ2) is 10.4. The molecule has 1 saturated heterocycles. The summed E-state index contributed by atoms with van der Waals surface area (Å²) in [6.45, 7) is 10.9. The average molecular weight is 496 g/mol. The van der Waals surface area contributed by atoms with Gasteiger partial charge in [-0.2, -0.15) is 0 Å². The molecule has 5 rings (SSSR count). The number of aryl methyl sites for hydroxylation is 2. The second-order valence-corrected chi connectivity index (χ2v) is 11.1. The molecular weight excluding hydrogens is 458 g/mol. The molecule has 5 heteroatoms. The molecule has 2 heterocycles. The molecule has 1 unspecified atom stereocenters. The Hall–Kier alpha value is -3.60. The van der Waals surface area contributed by atoms with Crippen LogP contribution in [0.2, 0.25) is 0 Å². The van der Waals surface area contributed by atoms with Gasteiger partial charge in [0.2, 0.25) is 5.91 Å². The van der Waals surface area contributed by atoms with Crippen LogP contribution < -0.4 is 9.64 Å². The third kappa shape index (κ3) is 5.41. The zero-order chi connectivity index (χ0) is 26.0. The van der Waals surface area contributed by atoms with Crippen molar-refractivity contribution in [2.45, 2.75) is 64.8 Å². The number of carbonyl (C=O) groups excluding carboxylic acids is 1. The molecule has 0 bridgehead atoms. The summed E-state index contributed by atoms with van der Waals surface area (Å²) < 4.78 is 8.35. The number of imidazole rings is 1. The minimum Gasteiger partial charge on any atom is -0.494 e. The largest absolute Gasteiger partial charge is 0.494 e. The van der Waals surface area contributed by atoms with Crippen molar-refractivity contribution in [2.75, 3.05) is 18.1 Å². The fourth-order valence-corrected chi connectivity index (χ4v) is 5.23. The summed E-state index contributed by atoms with van der Waals surface area (Å²) in [6.07, 6.45) is 2.42. The molecule has 3 aromatic carbocycles. The van der Waals surface area contributed by atoms with Crippen LogP contribution >= 0.6 is 0 Å². The minimum absolute atomic E-state index is 0.0806. The molecule has 192 valence electrons. The number of fused-ring (bicyclic) bond motifs is 1. The fourth-order valence-electron chi connectivity index (χ4n) is 5.23. The van der Waals surface area contributed by atoms with Crippen LogP contribution in [0.5, 0.6) is 5.75 Å². The maximum Gasteiger partial charge on any atom is 0.227 e. The van der Waals surface area contributed by atoms with Crippen LogP contribution in [0.15, 0.2) is 72.8 Å². The smallest absolute Gasteiger partial charge is 0.227 e. The number of hydrogen-bond donors (Lipinski definition) is 0. The van der Waals surface area contributed by atoms with Gasteiger partial charge < -0.3 is 14.2 Å². The Morgan fingerprint density at radius 1 is 0.946 bits per heavy atom. The van der Waals surface area contributed by atoms with Crippen LogP contribution in [0.4, 0.5) is 5.69 Å². The molecule has 37 heavy (non-hydrogen) atoms. The zero-order valence-corrected chi connectivity index (χ0v) is 22.4. The van der Waals surface area contributed by atoms with Gasteiger partial charge in [0.15, 0.2) is 0 Å². The van der Waals surface area contributed by atoms with Gasteiger partial charge in [-0.05, 0) is 66.6 Å². The van der Waals surface area contributed by atoms with E-state index >= 15 is 0 Å². The van der Waals surface area contributed by atoms with E-state index in [0.29, 0.717) is 19.6 Å². The molecule has 4 aromatic rings. The summed E-state index contributed by atoms with van der Waals surface area (Å²) >= 11 is 0. The Labute approximate surface area is 220 Å². The third-order valence-corrected chi connectivity index (χ3v) is 7.35. The number of carbonyl (C=O) groups is 1. The van der Waals surface area contributed by atoms with Gasteiger partial charge in [0, 0.05) is 31.1 Å². The fraction of sp³-hybridized carbons (Fsp3) is 0.375. The number of benzene rings is 3. The Morgan fingerprint density at radius 3 is 2.43 bits per heavy atom. The van der Waals surface area contributed by atoms with E-state index in [1.807, 2.05) is 29.2 Å². The molecule has 1 amide bonds. The molecule has 1 aliphatic rings. The number of ether oxygens (including phenoxy) is 1. The molecule has 1 fully saturated rings. The molecular formula is C32H37N3O2. The second-order valence-electron chi connectivity index (χ2n) is 11.1. The lowest BCUT2D eigenvalue weighted by molar-refractivity contribution is -0.117. The van der Waals surface area contributed by atoms with Gasteiger partial charge in [0.1, 0.15) is 11.6 Å². The minimum atomic E-state index is 0.0806. The maximum absolute atomic E-state index is 13.0. The molecule has 1 aliphatic heterocycles. The first-order valence-corrected chi connectivity index (χ1v) is 13.4. The van der Waals surface area contributed by atoms with Crippen LogP contribution in [0.3, 0.4) is 0 Å². The van der Waals surface area contributed by atoms with Crippen molar-refractivity contribution in [1.82, 2.24) is 9.55 Å². The topological polar surface area (TPSA) is 47.4 Å². The number of rotatable bonds is 8. The standard InChI is InChI=1S/C32H37N3O2/c1-23-11-5-7-13-28(23)35-22-24(21-30(35)36)31-33-27-12-6-8-14-29(27)34(31)19-9-10-20-37-26-17-15-25(16-18-26)32(2,3)4/h5-8,11-18,24H,9-10,19-22H2,1-4H3. The van der Waals surface area contributed by atoms with Gasteiger partial charge in [0.25, 0.3) is 0 Å². The summed E-state index contributed by atoms with van der Waals surface area (Å²) in [5.41, 5.74) is 5.71. The Kier molecular flexibility index (Phi) is 7.05. The van der Waals surface area contributed by atoms with E-state index in [4.69, 9.17) is 9.72 Å². The van der Waals surface area contributed by atoms with E-state index in [1.54, 1.807) is 0 Å². The normalized spacial score (nSPS) is 16.1. The average Bonchev–Trinajstić information content (AvgIpc) is 3.44. The molecule has 0 spiro atoms. The summed E-state index contributed by atoms with van der Waals surface area (Å²) in [5.74, 6) is 2.19. The third-order valence-electron chi connectivity index (χ3n) is 7.35. The van der Waals surface area contributed by atoms with Crippen molar-refractivity contribution in [3.63, 3.8) is 0 Å². The first-order chi connectivity index (χ1) is 17.8. The number of amides is 1. The van der Waals surface area contributed by atoms with Crippen molar-refractivity contribution in [1.29, 1.82) is 0 Å². The summed E-state index contributed by atoms with van der Waals surface area (Å²) in [5, 5.41) is 0. The summed E-state index contributed by atoms with van der Waals surface area (Å²) in [6, 6.07) is 24.9. The van der Waals surface area contributed by atoms with Crippen LogP contribution in [0.1, 0.15) is 62.9 Å². The maximum atomic E-state index is 13.0. The van der Waals surface area contributed by atoms with Crippen molar-refractivity contribution < 1.29 is 9.53 Å². The number of nitrogens with zero attached hydrogens (tertiary/aromatic N) is 3. The molecule has 0 radical (unpaired) electrons. The zero-order valence-electron chi connectivity index (χ0n) is 22.4. The van der Waals surface area contributed by atoms with Gasteiger partial charge in [-0.15, -0.1) is 0 Å². The molecule has 0 N–H and O–H groups in total. The lowest BCUT2D eigenvalue weighted by Gasteiger charge is -2.19. The van der Waals surface area contributed by atoms with Crippen molar-refractivity contribution in [3.05, 3.63) is 89.7 Å². The summed E-state index contributed by atoms with van der Waals surface area (Å²) in [7, 11) is 0. The van der Waals surface area contributed by atoms with Gasteiger partial charge >= 0.3 is 0 Å². The van der Waals surface area contributed by atoms with Crippen LogP contribution in [0.25, 0.3) is 11.0 Å². The highest BCUT2D eigenvalue weighted by Gasteiger charge is 2.35. The van der Waals surface area contributed by atoms with Crippen molar-refractivity contribution in [3.8, 4) is 5.75 Å². The molecule has 5 nitrogen and oxygen atoms in total. The quantitative estimate of drug-likeness (QED) is 0.247. The van der Waals surface area contributed by atoms with Crippen LogP contribution in [0, 0.1) is 6.92 Å². The van der Waals surface area contributed by atoms with Gasteiger partial charge in [0.05, 0.1) is 17.6 Å². The van der Waals surface area contributed by atoms with Crippen molar-refractivity contribution >= 4 is 22.6 Å². The van der Waals surface area contributed by atoms with Crippen LogP contribution in [-0.4, -0.2) is 28.6 Å². The Balaban J connectivity index is 1.25. The molecule has 0 saturated carbocycles. The SMILES string of the molecule is Cc1ccccc1N1CC(c2nc3ccccc3n2CCCCOc2ccc(C(C)(C)C)cc2)CC1=O. The highest BCUT2D eigenvalue weighted by Crippen LogP contribution is 2.34. The number of para-hydroxylation sites is 3. The molecule has 1 atom stereocenters. The number of hydrogen-bond acceptors (Lipinski definition) is 3. The van der Waals surface area contributed by atoms with E-state index in [0.717, 1.165) is 53.2 Å². The van der Waals surface area contributed by atoms with Crippen LogP contribution in [-0.2, 0) is 16.8 Å². The number of unbranched alkanes of at least 4 members (excludes halogenated alkanes) is 1. The Morgan fingerprint density at radius 2 is 1.68 bits per heavy atom. The van der Waals surface area contributed by atoms with Crippen molar-refractivity contribution in [2.24, 2.45) is 0 Å². The predicted molar refractivity (Wildman–Crippen MR) is 150 cm³/mol. The lowest BCUT2D eigenvalue weighted by atomic mass is 9.87. The first-order valence-electron chi connectivity index (χ1n) is 13.4. The van der Waals surface area contributed by atoms with Gasteiger partial charge in [-0.1, -0.05) is 63.2 Å². The van der Waals surface area contributed by atoms with E-state index in [-0.39, 0.29) is 17.2 Å². The van der Waals surface area contributed by atoms with E-state index in [2.05, 4.69) is 80.8 Å². The summed E-state index contributed by atoms with van der Waals surface area (Å²) in [4.78, 5) is 20.0. The number of anilines is 1. The van der Waals surface area contributed by atoms with Gasteiger partial charge in [-0.25, -0.2) is 4.98 Å². The highest BCUT2D eigenvalue weighted by molar-refractivity contribution is 5.97. The lowest BCUT2D eigenvalue weighted by Crippen LogP contribution is -2.25.